The van der Waals surface area contributed by atoms with Gasteiger partial charge in [0.15, 0.2) is 11.5 Å². The number of hydrogen-bond donors (Lipinski definition) is 2. The van der Waals surface area contributed by atoms with E-state index in [-0.39, 0.29) is 18.0 Å². The zero-order valence-corrected chi connectivity index (χ0v) is 12.7. The van der Waals surface area contributed by atoms with Gasteiger partial charge in [-0.1, -0.05) is 0 Å². The molecule has 1 heterocycles. The fourth-order valence-electron chi connectivity index (χ4n) is 2.00. The summed E-state index contributed by atoms with van der Waals surface area (Å²) in [5, 5.41) is 22.8. The maximum absolute atomic E-state index is 11.0. The highest BCUT2D eigenvalue weighted by atomic mass is 16.6. The molecule has 0 radical (unpaired) electrons. The minimum Gasteiger partial charge on any atom is -0.486 e. The van der Waals surface area contributed by atoms with Gasteiger partial charge in [-0.05, 0) is 13.8 Å². The predicted molar refractivity (Wildman–Crippen MR) is 77.5 cm³/mol. The number of nitrogens with two attached hydrogens (primary N) is 1. The number of nitrogens with zero attached hydrogens (tertiary/aromatic N) is 1. The molecule has 0 aromatic heterocycles. The lowest BCUT2D eigenvalue weighted by Crippen LogP contribution is -2.90. The first-order valence-corrected chi connectivity index (χ1v) is 7.19. The van der Waals surface area contributed by atoms with Gasteiger partial charge in [0.25, 0.3) is 5.69 Å². The maximum Gasteiger partial charge on any atom is 0.277 e. The summed E-state index contributed by atoms with van der Waals surface area (Å²) in [5.41, 5.74) is -0.137. The molecule has 122 valence electrons. The van der Waals surface area contributed by atoms with Crippen molar-refractivity contribution in [2.75, 3.05) is 26.4 Å². The molecule has 8 heteroatoms. The van der Waals surface area contributed by atoms with Gasteiger partial charge in [0, 0.05) is 0 Å². The number of hydrogen-bond acceptors (Lipinski definition) is 6. The van der Waals surface area contributed by atoms with Crippen LogP contribution in [0.4, 0.5) is 5.69 Å². The highest BCUT2D eigenvalue weighted by molar-refractivity contribution is 5.58. The summed E-state index contributed by atoms with van der Waals surface area (Å²) in [6, 6.07) is 2.97. The molecule has 0 bridgehead atoms. The van der Waals surface area contributed by atoms with Gasteiger partial charge >= 0.3 is 0 Å². The zero-order chi connectivity index (χ0) is 16.1. The van der Waals surface area contributed by atoms with Crippen LogP contribution in [0.2, 0.25) is 0 Å². The van der Waals surface area contributed by atoms with Gasteiger partial charge < -0.3 is 24.6 Å². The van der Waals surface area contributed by atoms with Crippen molar-refractivity contribution in [2.45, 2.75) is 26.0 Å². The van der Waals surface area contributed by atoms with E-state index in [1.54, 1.807) is 0 Å². The first-order chi connectivity index (χ1) is 10.5. The Morgan fingerprint density at radius 2 is 2.14 bits per heavy atom. The average molecular weight is 313 g/mol. The monoisotopic (exact) mass is 313 g/mol. The van der Waals surface area contributed by atoms with E-state index in [4.69, 9.17) is 14.2 Å². The summed E-state index contributed by atoms with van der Waals surface area (Å²) in [5.74, 6) is 0.850. The Bertz CT molecular complexity index is 534. The van der Waals surface area contributed by atoms with Crippen molar-refractivity contribution in [2.24, 2.45) is 0 Å². The largest absolute Gasteiger partial charge is 0.486 e. The minimum atomic E-state index is -0.679. The van der Waals surface area contributed by atoms with E-state index >= 15 is 0 Å². The smallest absolute Gasteiger partial charge is 0.277 e. The van der Waals surface area contributed by atoms with Crippen molar-refractivity contribution >= 4 is 5.69 Å². The Morgan fingerprint density at radius 3 is 2.82 bits per heavy atom. The molecule has 0 spiro atoms. The summed E-state index contributed by atoms with van der Waals surface area (Å²) < 4.78 is 16.3. The lowest BCUT2D eigenvalue weighted by atomic mass is 10.2. The van der Waals surface area contributed by atoms with E-state index in [9.17, 15) is 15.2 Å². The molecule has 0 aliphatic carbocycles. The lowest BCUT2D eigenvalue weighted by molar-refractivity contribution is -0.688. The van der Waals surface area contributed by atoms with Crippen molar-refractivity contribution < 1.29 is 29.6 Å². The molecule has 1 aliphatic rings. The Hall–Kier alpha value is -2.06. The van der Waals surface area contributed by atoms with E-state index in [1.165, 1.54) is 12.1 Å². The normalized spacial score (nSPS) is 14.7. The van der Waals surface area contributed by atoms with Crippen LogP contribution in [0.15, 0.2) is 12.1 Å². The highest BCUT2D eigenvalue weighted by Gasteiger charge is 2.23. The van der Waals surface area contributed by atoms with E-state index in [1.807, 2.05) is 19.2 Å². The second-order valence-corrected chi connectivity index (χ2v) is 5.41. The van der Waals surface area contributed by atoms with Crippen LogP contribution in [0.3, 0.4) is 0 Å². The van der Waals surface area contributed by atoms with Crippen molar-refractivity contribution in [3.8, 4) is 17.2 Å². The number of nitro groups is 1. The van der Waals surface area contributed by atoms with E-state index in [0.717, 1.165) is 0 Å². The molecule has 22 heavy (non-hydrogen) atoms. The molecule has 0 saturated carbocycles. The third-order valence-electron chi connectivity index (χ3n) is 3.11. The number of aliphatic hydroxyl groups is 1. The molecule has 1 aromatic rings. The molecule has 8 nitrogen and oxygen atoms in total. The first kappa shape index (κ1) is 16.3. The van der Waals surface area contributed by atoms with Gasteiger partial charge in [0.1, 0.15) is 32.5 Å². The van der Waals surface area contributed by atoms with Crippen molar-refractivity contribution in [1.29, 1.82) is 0 Å². The van der Waals surface area contributed by atoms with Crippen molar-refractivity contribution in [3.63, 3.8) is 0 Å². The molecule has 0 fully saturated rings. The summed E-state index contributed by atoms with van der Waals surface area (Å²) in [7, 11) is 0. The molecule has 1 aromatic carbocycles. The number of benzene rings is 1. The third kappa shape index (κ3) is 4.22. The summed E-state index contributed by atoms with van der Waals surface area (Å²) >= 11 is 0. The Morgan fingerprint density at radius 1 is 1.41 bits per heavy atom. The average Bonchev–Trinajstić information content (AvgIpc) is 2.50. The standard InChI is InChI=1S/C14H20N2O6/c1-9(2)15-7-11(17)8-22-13-6-10(16(18)19)5-12-14(13)21-4-3-20-12/h5-6,9,11,15,17H,3-4,7-8H2,1-2H3/p+1/t11-/m0/s1. The van der Waals surface area contributed by atoms with Crippen LogP contribution in [0.1, 0.15) is 13.8 Å². The number of aliphatic hydroxyl groups excluding tert-OH is 1. The number of ether oxygens (including phenoxy) is 3. The highest BCUT2D eigenvalue weighted by Crippen LogP contribution is 2.42. The van der Waals surface area contributed by atoms with Gasteiger partial charge in [-0.2, -0.15) is 0 Å². The van der Waals surface area contributed by atoms with Crippen LogP contribution in [-0.2, 0) is 0 Å². The topological polar surface area (TPSA) is 108 Å². The summed E-state index contributed by atoms with van der Waals surface area (Å²) in [4.78, 5) is 10.4. The predicted octanol–water partition coefficient (Wildman–Crippen LogP) is 0.0775. The van der Waals surface area contributed by atoms with E-state index in [0.29, 0.717) is 37.3 Å². The van der Waals surface area contributed by atoms with Crippen molar-refractivity contribution in [3.05, 3.63) is 22.2 Å². The van der Waals surface area contributed by atoms with Gasteiger partial charge in [0.05, 0.1) is 23.1 Å². The summed E-state index contributed by atoms with van der Waals surface area (Å²) in [6.07, 6.45) is -0.679. The molecular formula is C14H21N2O6+. The number of nitro benzene ring substituents is 1. The number of quaternary nitrogens is 1. The second kappa shape index (κ2) is 7.28. The van der Waals surface area contributed by atoms with E-state index in [2.05, 4.69) is 0 Å². The Balaban J connectivity index is 2.08. The first-order valence-electron chi connectivity index (χ1n) is 7.19. The number of non-ortho nitro benzene ring substituents is 1. The fourth-order valence-corrected chi connectivity index (χ4v) is 2.00. The SMILES string of the molecule is CC(C)[NH2+]C[C@H](O)COc1cc([N+](=O)[O-])cc2c1OCCO2. The second-order valence-electron chi connectivity index (χ2n) is 5.41. The van der Waals surface area contributed by atoms with Crippen LogP contribution >= 0.6 is 0 Å². The molecule has 1 atom stereocenters. The van der Waals surface area contributed by atoms with Crippen LogP contribution in [0.5, 0.6) is 17.2 Å². The quantitative estimate of drug-likeness (QED) is 0.545. The van der Waals surface area contributed by atoms with Gasteiger partial charge in [-0.15, -0.1) is 0 Å². The van der Waals surface area contributed by atoms with Gasteiger partial charge in [-0.25, -0.2) is 0 Å². The van der Waals surface area contributed by atoms with E-state index < -0.39 is 11.0 Å². The molecule has 1 aliphatic heterocycles. The molecule has 0 saturated heterocycles. The third-order valence-corrected chi connectivity index (χ3v) is 3.11. The fraction of sp³-hybridized carbons (Fsp3) is 0.571. The van der Waals surface area contributed by atoms with Crippen LogP contribution in [0, 0.1) is 10.1 Å². The molecule has 0 unspecified atom stereocenters. The Kier molecular flexibility index (Phi) is 5.40. The molecule has 3 N–H and O–H groups in total. The summed E-state index contributed by atoms with van der Waals surface area (Å²) in [6.45, 7) is 5.25. The molecule has 2 rings (SSSR count). The van der Waals surface area contributed by atoms with Gasteiger partial charge in [-0.3, -0.25) is 10.1 Å². The minimum absolute atomic E-state index is 0.0280. The van der Waals surface area contributed by atoms with Crippen LogP contribution < -0.4 is 19.5 Å². The van der Waals surface area contributed by atoms with Crippen molar-refractivity contribution in [1.82, 2.24) is 0 Å². The number of fused-ring (bicyclic) bond motifs is 1. The zero-order valence-electron chi connectivity index (χ0n) is 12.7. The Labute approximate surface area is 128 Å². The van der Waals surface area contributed by atoms with Crippen LogP contribution in [-0.4, -0.2) is 48.5 Å². The number of rotatable bonds is 7. The molecular weight excluding hydrogens is 292 g/mol. The van der Waals surface area contributed by atoms with Gasteiger partial charge in [0.2, 0.25) is 5.75 Å². The van der Waals surface area contributed by atoms with Crippen LogP contribution in [0.25, 0.3) is 0 Å². The lowest BCUT2D eigenvalue weighted by Gasteiger charge is -2.21. The molecule has 0 amide bonds. The maximum atomic E-state index is 11.0.